The first-order valence-corrected chi connectivity index (χ1v) is 13.2. The summed E-state index contributed by atoms with van der Waals surface area (Å²) in [5.41, 5.74) is 0. The Bertz CT molecular complexity index is 379. The SMILES string of the molecule is CC(C)CCOC(=O)CCCCCCCCCCCCCCCC(=O)OCCC(C)C. The second kappa shape index (κ2) is 22.1. The summed E-state index contributed by atoms with van der Waals surface area (Å²) < 4.78 is 10.5. The summed E-state index contributed by atoms with van der Waals surface area (Å²) in [6, 6.07) is 0. The van der Waals surface area contributed by atoms with Gasteiger partial charge in [0, 0.05) is 12.8 Å². The van der Waals surface area contributed by atoms with Crippen LogP contribution in [0.25, 0.3) is 0 Å². The van der Waals surface area contributed by atoms with E-state index in [1.54, 1.807) is 0 Å². The van der Waals surface area contributed by atoms with E-state index in [1.165, 1.54) is 57.8 Å². The van der Waals surface area contributed by atoms with E-state index in [9.17, 15) is 9.59 Å². The van der Waals surface area contributed by atoms with Gasteiger partial charge in [-0.2, -0.15) is 0 Å². The average molecular weight is 441 g/mol. The van der Waals surface area contributed by atoms with Gasteiger partial charge in [0.2, 0.25) is 0 Å². The summed E-state index contributed by atoms with van der Waals surface area (Å²) >= 11 is 0. The molecule has 4 heteroatoms. The van der Waals surface area contributed by atoms with E-state index >= 15 is 0 Å². The van der Waals surface area contributed by atoms with Gasteiger partial charge in [0.15, 0.2) is 0 Å². The second-order valence-electron chi connectivity index (χ2n) is 9.90. The molecule has 0 unspecified atom stereocenters. The minimum absolute atomic E-state index is 0.0257. The number of unbranched alkanes of at least 4 members (excludes halogenated alkanes) is 12. The maximum Gasteiger partial charge on any atom is 0.305 e. The van der Waals surface area contributed by atoms with E-state index in [4.69, 9.17) is 9.47 Å². The van der Waals surface area contributed by atoms with Crippen LogP contribution in [0.2, 0.25) is 0 Å². The maximum absolute atomic E-state index is 11.6. The zero-order valence-corrected chi connectivity index (χ0v) is 21.2. The van der Waals surface area contributed by atoms with Crippen molar-refractivity contribution in [3.8, 4) is 0 Å². The molecule has 0 heterocycles. The molecule has 0 atom stereocenters. The van der Waals surface area contributed by atoms with Crippen LogP contribution in [0.15, 0.2) is 0 Å². The summed E-state index contributed by atoms with van der Waals surface area (Å²) in [4.78, 5) is 23.2. The molecule has 0 rings (SSSR count). The first-order chi connectivity index (χ1) is 14.9. The number of carbonyl (C=O) groups is 2. The third-order valence-corrected chi connectivity index (χ3v) is 5.68. The van der Waals surface area contributed by atoms with Crippen LogP contribution in [0.4, 0.5) is 0 Å². The van der Waals surface area contributed by atoms with Gasteiger partial charge in [-0.25, -0.2) is 0 Å². The molecule has 0 amide bonds. The lowest BCUT2D eigenvalue weighted by molar-refractivity contribution is -0.145. The molecule has 0 aromatic heterocycles. The standard InChI is InChI=1S/C27H52O4/c1-24(2)20-22-30-26(28)18-16-14-12-10-8-6-5-7-9-11-13-15-17-19-27(29)31-23-21-25(3)4/h24-25H,5-23H2,1-4H3. The normalized spacial score (nSPS) is 11.3. The number of rotatable bonds is 22. The fourth-order valence-electron chi connectivity index (χ4n) is 3.44. The number of carbonyl (C=O) groups excluding carboxylic acids is 2. The molecular weight excluding hydrogens is 388 g/mol. The van der Waals surface area contributed by atoms with Crippen LogP contribution < -0.4 is 0 Å². The number of esters is 2. The highest BCUT2D eigenvalue weighted by molar-refractivity contribution is 5.69. The molecule has 0 aliphatic rings. The molecule has 0 aliphatic carbocycles. The molecule has 0 N–H and O–H groups in total. The van der Waals surface area contributed by atoms with E-state index in [1.807, 2.05) is 0 Å². The van der Waals surface area contributed by atoms with Crippen molar-refractivity contribution in [3.63, 3.8) is 0 Å². The van der Waals surface area contributed by atoms with Gasteiger partial charge < -0.3 is 9.47 Å². The Labute approximate surface area is 193 Å². The molecule has 0 spiro atoms. The van der Waals surface area contributed by atoms with Crippen LogP contribution in [0.5, 0.6) is 0 Å². The van der Waals surface area contributed by atoms with Gasteiger partial charge in [-0.1, -0.05) is 98.3 Å². The molecule has 0 saturated carbocycles. The van der Waals surface area contributed by atoms with Crippen LogP contribution in [-0.2, 0) is 19.1 Å². The fraction of sp³-hybridized carbons (Fsp3) is 0.926. The van der Waals surface area contributed by atoms with Crippen molar-refractivity contribution in [2.75, 3.05) is 13.2 Å². The summed E-state index contributed by atoms with van der Waals surface area (Å²) in [6.45, 7) is 9.73. The van der Waals surface area contributed by atoms with E-state index in [-0.39, 0.29) is 11.9 Å². The molecular formula is C27H52O4. The van der Waals surface area contributed by atoms with Crippen molar-refractivity contribution in [2.24, 2.45) is 11.8 Å². The van der Waals surface area contributed by atoms with Crippen LogP contribution in [-0.4, -0.2) is 25.2 Å². The van der Waals surface area contributed by atoms with Crippen LogP contribution >= 0.6 is 0 Å². The van der Waals surface area contributed by atoms with E-state index in [0.29, 0.717) is 37.9 Å². The minimum Gasteiger partial charge on any atom is -0.466 e. The van der Waals surface area contributed by atoms with Crippen molar-refractivity contribution in [1.29, 1.82) is 0 Å². The van der Waals surface area contributed by atoms with Crippen molar-refractivity contribution in [3.05, 3.63) is 0 Å². The first-order valence-electron chi connectivity index (χ1n) is 13.2. The highest BCUT2D eigenvalue weighted by Gasteiger charge is 2.04. The number of ether oxygens (including phenoxy) is 2. The topological polar surface area (TPSA) is 52.6 Å². The van der Waals surface area contributed by atoms with Crippen LogP contribution in [0.1, 0.15) is 137 Å². The largest absolute Gasteiger partial charge is 0.466 e. The summed E-state index contributed by atoms with van der Waals surface area (Å²) in [5.74, 6) is 1.13. The van der Waals surface area contributed by atoms with Gasteiger partial charge in [0.05, 0.1) is 13.2 Å². The van der Waals surface area contributed by atoms with Crippen molar-refractivity contribution >= 4 is 11.9 Å². The van der Waals surface area contributed by atoms with Gasteiger partial charge in [0.25, 0.3) is 0 Å². The Morgan fingerprint density at radius 1 is 0.484 bits per heavy atom. The molecule has 184 valence electrons. The highest BCUT2D eigenvalue weighted by atomic mass is 16.5. The Hall–Kier alpha value is -1.06. The van der Waals surface area contributed by atoms with E-state index in [0.717, 1.165) is 38.5 Å². The minimum atomic E-state index is -0.0257. The quantitative estimate of drug-likeness (QED) is 0.126. The second-order valence-corrected chi connectivity index (χ2v) is 9.90. The predicted molar refractivity (Wildman–Crippen MR) is 130 cm³/mol. The zero-order chi connectivity index (χ0) is 23.2. The van der Waals surface area contributed by atoms with Gasteiger partial charge in [-0.15, -0.1) is 0 Å². The third-order valence-electron chi connectivity index (χ3n) is 5.68. The van der Waals surface area contributed by atoms with Crippen molar-refractivity contribution < 1.29 is 19.1 Å². The Kier molecular flexibility index (Phi) is 21.4. The average Bonchev–Trinajstić information content (AvgIpc) is 2.70. The number of hydrogen-bond acceptors (Lipinski definition) is 4. The lowest BCUT2D eigenvalue weighted by Gasteiger charge is -2.07. The Balaban J connectivity index is 3.20. The van der Waals surface area contributed by atoms with Gasteiger partial charge in [-0.3, -0.25) is 9.59 Å². The monoisotopic (exact) mass is 440 g/mol. The van der Waals surface area contributed by atoms with E-state index in [2.05, 4.69) is 27.7 Å². The predicted octanol–water partition coefficient (Wildman–Crippen LogP) is 8.02. The maximum atomic E-state index is 11.6. The molecule has 31 heavy (non-hydrogen) atoms. The molecule has 0 radical (unpaired) electrons. The number of hydrogen-bond donors (Lipinski definition) is 0. The molecule has 0 aromatic rings. The molecule has 0 aromatic carbocycles. The molecule has 4 nitrogen and oxygen atoms in total. The molecule has 0 bridgehead atoms. The smallest absolute Gasteiger partial charge is 0.305 e. The molecule has 0 fully saturated rings. The lowest BCUT2D eigenvalue weighted by atomic mass is 10.0. The van der Waals surface area contributed by atoms with Gasteiger partial charge in [-0.05, 0) is 37.5 Å². The third kappa shape index (κ3) is 25.1. The Morgan fingerprint density at radius 2 is 0.742 bits per heavy atom. The zero-order valence-electron chi connectivity index (χ0n) is 21.2. The summed E-state index contributed by atoms with van der Waals surface area (Å²) in [7, 11) is 0. The van der Waals surface area contributed by atoms with Crippen LogP contribution in [0.3, 0.4) is 0 Å². The van der Waals surface area contributed by atoms with Crippen LogP contribution in [0, 0.1) is 11.8 Å². The molecule has 0 aliphatic heterocycles. The summed E-state index contributed by atoms with van der Waals surface area (Å²) in [5, 5.41) is 0. The van der Waals surface area contributed by atoms with Gasteiger partial charge >= 0.3 is 11.9 Å². The molecule has 0 saturated heterocycles. The highest BCUT2D eigenvalue weighted by Crippen LogP contribution is 2.14. The van der Waals surface area contributed by atoms with Crippen molar-refractivity contribution in [2.45, 2.75) is 137 Å². The fourth-order valence-corrected chi connectivity index (χ4v) is 3.44. The van der Waals surface area contributed by atoms with Crippen molar-refractivity contribution in [1.82, 2.24) is 0 Å². The van der Waals surface area contributed by atoms with Gasteiger partial charge in [0.1, 0.15) is 0 Å². The summed E-state index contributed by atoms with van der Waals surface area (Å²) in [6.07, 6.45) is 19.0. The van der Waals surface area contributed by atoms with E-state index < -0.39 is 0 Å². The lowest BCUT2D eigenvalue weighted by Crippen LogP contribution is -2.07. The Morgan fingerprint density at radius 3 is 1.00 bits per heavy atom. The first kappa shape index (κ1) is 29.9.